The molecule has 0 aliphatic carbocycles. The molecular formula is C20H16ClF2N3S. The van der Waals surface area contributed by atoms with Crippen LogP contribution in [0.15, 0.2) is 36.4 Å². The number of para-hydroxylation sites is 1. The topological polar surface area (TPSA) is 29.3 Å². The standard InChI is InChI=1S/C20H16ClF2N3S/c1-10-6-4-7-13(21)17(10)24-19-18(16-14(22)8-5-9-15(16)23)25-20-26(19)11(2)12(3)27-20/h4-9,24H,1-3H3. The molecule has 138 valence electrons. The molecule has 0 atom stereocenters. The van der Waals surface area contributed by atoms with Gasteiger partial charge in [0.1, 0.15) is 23.1 Å². The molecule has 2 heterocycles. The van der Waals surface area contributed by atoms with Crippen LogP contribution in [0.2, 0.25) is 5.02 Å². The lowest BCUT2D eigenvalue weighted by molar-refractivity contribution is 0.589. The molecule has 0 unspecified atom stereocenters. The molecule has 2 aromatic carbocycles. The van der Waals surface area contributed by atoms with Gasteiger partial charge in [0, 0.05) is 10.6 Å². The number of nitrogens with one attached hydrogen (secondary N) is 1. The van der Waals surface area contributed by atoms with Crippen molar-refractivity contribution in [2.75, 3.05) is 5.32 Å². The Balaban J connectivity index is 2.02. The Morgan fingerprint density at radius 1 is 1.04 bits per heavy atom. The molecule has 0 fully saturated rings. The van der Waals surface area contributed by atoms with Crippen LogP contribution < -0.4 is 5.32 Å². The van der Waals surface area contributed by atoms with Gasteiger partial charge in [-0.1, -0.05) is 29.8 Å². The number of thiazole rings is 1. The molecule has 0 saturated carbocycles. The number of aryl methyl sites for hydroxylation is 3. The second kappa shape index (κ2) is 6.62. The fourth-order valence-electron chi connectivity index (χ4n) is 3.07. The zero-order valence-electron chi connectivity index (χ0n) is 14.9. The van der Waals surface area contributed by atoms with Crippen molar-refractivity contribution in [2.24, 2.45) is 0 Å². The molecule has 3 nitrogen and oxygen atoms in total. The van der Waals surface area contributed by atoms with Crippen LogP contribution in [0.1, 0.15) is 16.1 Å². The number of nitrogens with zero attached hydrogens (tertiary/aromatic N) is 2. The first-order valence-corrected chi connectivity index (χ1v) is 9.53. The van der Waals surface area contributed by atoms with E-state index in [0.717, 1.165) is 16.1 Å². The van der Waals surface area contributed by atoms with Gasteiger partial charge in [0.25, 0.3) is 0 Å². The molecule has 27 heavy (non-hydrogen) atoms. The van der Waals surface area contributed by atoms with Crippen LogP contribution in [-0.4, -0.2) is 9.38 Å². The minimum absolute atomic E-state index is 0.155. The van der Waals surface area contributed by atoms with Crippen molar-refractivity contribution < 1.29 is 8.78 Å². The van der Waals surface area contributed by atoms with Gasteiger partial charge >= 0.3 is 0 Å². The largest absolute Gasteiger partial charge is 0.338 e. The molecule has 0 spiro atoms. The molecule has 7 heteroatoms. The fourth-order valence-corrected chi connectivity index (χ4v) is 4.31. The van der Waals surface area contributed by atoms with Gasteiger partial charge in [-0.3, -0.25) is 4.40 Å². The molecular weight excluding hydrogens is 388 g/mol. The Hall–Kier alpha value is -2.44. The van der Waals surface area contributed by atoms with Crippen molar-refractivity contribution in [2.45, 2.75) is 20.8 Å². The molecule has 0 radical (unpaired) electrons. The summed E-state index contributed by atoms with van der Waals surface area (Å²) in [5.41, 5.74) is 2.62. The molecule has 0 bridgehead atoms. The smallest absolute Gasteiger partial charge is 0.196 e. The lowest BCUT2D eigenvalue weighted by Crippen LogP contribution is -2.02. The third-order valence-electron chi connectivity index (χ3n) is 4.60. The first-order valence-electron chi connectivity index (χ1n) is 8.33. The second-order valence-corrected chi connectivity index (χ2v) is 7.91. The van der Waals surface area contributed by atoms with Crippen molar-refractivity contribution in [1.82, 2.24) is 9.38 Å². The third kappa shape index (κ3) is 2.89. The zero-order valence-corrected chi connectivity index (χ0v) is 16.5. The number of benzene rings is 2. The van der Waals surface area contributed by atoms with E-state index in [1.165, 1.54) is 29.5 Å². The highest BCUT2D eigenvalue weighted by molar-refractivity contribution is 7.17. The van der Waals surface area contributed by atoms with E-state index in [4.69, 9.17) is 11.6 Å². The normalized spacial score (nSPS) is 11.3. The number of anilines is 2. The highest BCUT2D eigenvalue weighted by Crippen LogP contribution is 2.39. The maximum Gasteiger partial charge on any atom is 0.196 e. The number of rotatable bonds is 3. The summed E-state index contributed by atoms with van der Waals surface area (Å²) < 4.78 is 30.9. The molecule has 1 N–H and O–H groups in total. The van der Waals surface area contributed by atoms with Crippen molar-refractivity contribution >= 4 is 39.4 Å². The van der Waals surface area contributed by atoms with Crippen LogP contribution in [0.3, 0.4) is 0 Å². The Bertz CT molecular complexity index is 1140. The van der Waals surface area contributed by atoms with Gasteiger partial charge in [0.2, 0.25) is 0 Å². The van der Waals surface area contributed by atoms with E-state index < -0.39 is 11.6 Å². The summed E-state index contributed by atoms with van der Waals surface area (Å²) in [5, 5.41) is 3.80. The van der Waals surface area contributed by atoms with Crippen molar-refractivity contribution in [3.63, 3.8) is 0 Å². The quantitative estimate of drug-likeness (QED) is 0.414. The SMILES string of the molecule is Cc1cccc(Cl)c1Nc1c(-c2c(F)cccc2F)nc2sc(C)c(C)n12. The van der Waals surface area contributed by atoms with Crippen LogP contribution in [0, 0.1) is 32.4 Å². The van der Waals surface area contributed by atoms with Gasteiger partial charge in [-0.05, 0) is 44.5 Å². The van der Waals surface area contributed by atoms with Gasteiger partial charge in [0.05, 0.1) is 16.3 Å². The average Bonchev–Trinajstić information content (AvgIpc) is 3.08. The first-order chi connectivity index (χ1) is 12.9. The summed E-state index contributed by atoms with van der Waals surface area (Å²) in [6, 6.07) is 9.34. The lowest BCUT2D eigenvalue weighted by atomic mass is 10.1. The van der Waals surface area contributed by atoms with E-state index in [-0.39, 0.29) is 11.3 Å². The average molecular weight is 404 g/mol. The Morgan fingerprint density at radius 3 is 2.37 bits per heavy atom. The van der Waals surface area contributed by atoms with Crippen LogP contribution in [0.5, 0.6) is 0 Å². The predicted molar refractivity (Wildman–Crippen MR) is 107 cm³/mol. The van der Waals surface area contributed by atoms with Crippen LogP contribution >= 0.6 is 22.9 Å². The van der Waals surface area contributed by atoms with Crippen molar-refractivity contribution in [3.8, 4) is 11.3 Å². The van der Waals surface area contributed by atoms with E-state index in [1.54, 1.807) is 6.07 Å². The van der Waals surface area contributed by atoms with Crippen LogP contribution in [0.4, 0.5) is 20.3 Å². The van der Waals surface area contributed by atoms with E-state index in [1.807, 2.05) is 37.3 Å². The number of halogens is 3. The summed E-state index contributed by atoms with van der Waals surface area (Å²) in [6.07, 6.45) is 0. The summed E-state index contributed by atoms with van der Waals surface area (Å²) in [7, 11) is 0. The molecule has 2 aromatic heterocycles. The Labute approximate surface area is 164 Å². The molecule has 0 amide bonds. The number of hydrogen-bond donors (Lipinski definition) is 1. The van der Waals surface area contributed by atoms with Gasteiger partial charge in [0.15, 0.2) is 4.96 Å². The number of hydrogen-bond acceptors (Lipinski definition) is 3. The summed E-state index contributed by atoms with van der Waals surface area (Å²) in [5.74, 6) is -0.824. The van der Waals surface area contributed by atoms with Gasteiger partial charge in [-0.25, -0.2) is 13.8 Å². The van der Waals surface area contributed by atoms with E-state index >= 15 is 0 Å². The summed E-state index contributed by atoms with van der Waals surface area (Å²) in [6.45, 7) is 5.86. The minimum Gasteiger partial charge on any atom is -0.338 e. The van der Waals surface area contributed by atoms with Gasteiger partial charge in [-0.15, -0.1) is 11.3 Å². The fraction of sp³-hybridized carbons (Fsp3) is 0.150. The molecule has 0 aliphatic heterocycles. The van der Waals surface area contributed by atoms with E-state index in [0.29, 0.717) is 21.5 Å². The highest BCUT2D eigenvalue weighted by Gasteiger charge is 2.24. The molecule has 0 saturated heterocycles. The van der Waals surface area contributed by atoms with E-state index in [9.17, 15) is 8.78 Å². The van der Waals surface area contributed by atoms with Crippen LogP contribution in [0.25, 0.3) is 16.2 Å². The monoisotopic (exact) mass is 403 g/mol. The summed E-state index contributed by atoms with van der Waals surface area (Å²) >= 11 is 7.84. The number of fused-ring (bicyclic) bond motifs is 1. The second-order valence-electron chi connectivity index (χ2n) is 6.32. The third-order valence-corrected chi connectivity index (χ3v) is 5.97. The zero-order chi connectivity index (χ0) is 19.3. The molecule has 0 aliphatic rings. The highest BCUT2D eigenvalue weighted by atomic mass is 35.5. The van der Waals surface area contributed by atoms with Crippen LogP contribution in [-0.2, 0) is 0 Å². The van der Waals surface area contributed by atoms with E-state index in [2.05, 4.69) is 10.3 Å². The summed E-state index contributed by atoms with van der Waals surface area (Å²) in [4.78, 5) is 6.28. The van der Waals surface area contributed by atoms with Crippen molar-refractivity contribution in [3.05, 3.63) is 69.2 Å². The first kappa shape index (κ1) is 17.9. The predicted octanol–water partition coefficient (Wildman–Crippen LogP) is 6.66. The Kier molecular flexibility index (Phi) is 4.40. The maximum atomic E-state index is 14.5. The number of aromatic nitrogens is 2. The Morgan fingerprint density at radius 2 is 1.70 bits per heavy atom. The minimum atomic E-state index is -0.658. The molecule has 4 rings (SSSR count). The molecule has 4 aromatic rings. The van der Waals surface area contributed by atoms with Crippen molar-refractivity contribution in [1.29, 1.82) is 0 Å². The lowest BCUT2D eigenvalue weighted by Gasteiger charge is -2.14. The number of imidazole rings is 1. The van der Waals surface area contributed by atoms with Gasteiger partial charge < -0.3 is 5.32 Å². The maximum absolute atomic E-state index is 14.5. The van der Waals surface area contributed by atoms with Gasteiger partial charge in [-0.2, -0.15) is 0 Å².